The first-order valence-electron chi connectivity index (χ1n) is 7.72. The van der Waals surface area contributed by atoms with Crippen LogP contribution in [0.3, 0.4) is 0 Å². The summed E-state index contributed by atoms with van der Waals surface area (Å²) in [6.07, 6.45) is 0.939. The van der Waals surface area contributed by atoms with Crippen LogP contribution < -0.4 is 0 Å². The molecular formula is C14H25N3O4S. The Morgan fingerprint density at radius 2 is 1.82 bits per heavy atom. The highest BCUT2D eigenvalue weighted by Gasteiger charge is 2.32. The van der Waals surface area contributed by atoms with Gasteiger partial charge in [0, 0.05) is 59.2 Å². The average Bonchev–Trinajstić information content (AvgIpc) is 2.84. The number of carbonyl (C=O) groups is 2. The number of hydrogen-bond acceptors (Lipinski definition) is 5. The number of amides is 2. The third kappa shape index (κ3) is 4.42. The first-order valence-corrected chi connectivity index (χ1v) is 9.54. The number of nitrogens with zero attached hydrogens (tertiary/aromatic N) is 3. The molecule has 0 aromatic rings. The van der Waals surface area contributed by atoms with E-state index in [9.17, 15) is 18.0 Å². The van der Waals surface area contributed by atoms with Gasteiger partial charge in [-0.25, -0.2) is 8.42 Å². The quantitative estimate of drug-likeness (QED) is 0.673. The summed E-state index contributed by atoms with van der Waals surface area (Å²) >= 11 is 0. The topological polar surface area (TPSA) is 78.0 Å². The van der Waals surface area contributed by atoms with Crippen molar-refractivity contribution in [2.75, 3.05) is 51.3 Å². The molecule has 1 atom stereocenters. The zero-order valence-corrected chi connectivity index (χ0v) is 14.1. The van der Waals surface area contributed by atoms with Gasteiger partial charge >= 0.3 is 0 Å². The lowest BCUT2D eigenvalue weighted by molar-refractivity contribution is -0.133. The summed E-state index contributed by atoms with van der Waals surface area (Å²) < 4.78 is 23.0. The molecule has 8 heteroatoms. The molecule has 0 aromatic carbocycles. The lowest BCUT2D eigenvalue weighted by atomic mass is 10.2. The van der Waals surface area contributed by atoms with E-state index in [0.717, 1.165) is 13.1 Å². The highest BCUT2D eigenvalue weighted by atomic mass is 32.2. The molecule has 126 valence electrons. The van der Waals surface area contributed by atoms with Crippen LogP contribution in [-0.2, 0) is 19.4 Å². The molecule has 7 nitrogen and oxygen atoms in total. The zero-order valence-electron chi connectivity index (χ0n) is 13.3. The maximum absolute atomic E-state index is 12.2. The number of carbonyl (C=O) groups excluding carboxylic acids is 2. The van der Waals surface area contributed by atoms with Crippen molar-refractivity contribution in [2.45, 2.75) is 25.8 Å². The van der Waals surface area contributed by atoms with Crippen molar-refractivity contribution in [3.05, 3.63) is 0 Å². The predicted molar refractivity (Wildman–Crippen MR) is 83.1 cm³/mol. The van der Waals surface area contributed by atoms with Gasteiger partial charge in [-0.3, -0.25) is 14.5 Å². The van der Waals surface area contributed by atoms with E-state index in [1.54, 1.807) is 18.9 Å². The second kappa shape index (κ2) is 6.95. The van der Waals surface area contributed by atoms with E-state index >= 15 is 0 Å². The molecule has 0 aromatic heterocycles. The average molecular weight is 331 g/mol. The Bertz CT molecular complexity index is 526. The number of rotatable bonds is 4. The normalized spacial score (nSPS) is 25.2. The molecule has 0 bridgehead atoms. The van der Waals surface area contributed by atoms with Gasteiger partial charge in [-0.15, -0.1) is 0 Å². The summed E-state index contributed by atoms with van der Waals surface area (Å²) in [5.74, 6) is 0.364. The highest BCUT2D eigenvalue weighted by molar-refractivity contribution is 7.91. The molecule has 2 rings (SSSR count). The van der Waals surface area contributed by atoms with E-state index in [-0.39, 0.29) is 29.4 Å². The van der Waals surface area contributed by atoms with Crippen LogP contribution in [0.1, 0.15) is 19.8 Å². The summed E-state index contributed by atoms with van der Waals surface area (Å²) in [7, 11) is -1.27. The van der Waals surface area contributed by atoms with E-state index in [1.807, 2.05) is 4.90 Å². The maximum atomic E-state index is 12.2. The van der Waals surface area contributed by atoms with Crippen LogP contribution in [0.4, 0.5) is 0 Å². The van der Waals surface area contributed by atoms with E-state index in [4.69, 9.17) is 0 Å². The minimum Gasteiger partial charge on any atom is -0.342 e. The Kier molecular flexibility index (Phi) is 5.44. The van der Waals surface area contributed by atoms with Crippen molar-refractivity contribution in [3.63, 3.8) is 0 Å². The zero-order chi connectivity index (χ0) is 16.3. The van der Waals surface area contributed by atoms with E-state index in [1.165, 1.54) is 0 Å². The molecule has 2 amide bonds. The molecular weight excluding hydrogens is 306 g/mol. The van der Waals surface area contributed by atoms with Crippen molar-refractivity contribution in [3.8, 4) is 0 Å². The van der Waals surface area contributed by atoms with Crippen LogP contribution >= 0.6 is 0 Å². The second-order valence-electron chi connectivity index (χ2n) is 6.16. The number of piperazine rings is 1. The fourth-order valence-electron chi connectivity index (χ4n) is 3.00. The molecule has 0 saturated carbocycles. The van der Waals surface area contributed by atoms with Gasteiger partial charge in [0.25, 0.3) is 0 Å². The van der Waals surface area contributed by atoms with Crippen LogP contribution in [0.25, 0.3) is 0 Å². The molecule has 2 aliphatic heterocycles. The molecule has 0 radical (unpaired) electrons. The van der Waals surface area contributed by atoms with E-state index in [0.29, 0.717) is 32.5 Å². The molecule has 22 heavy (non-hydrogen) atoms. The lowest BCUT2D eigenvalue weighted by Crippen LogP contribution is -2.49. The monoisotopic (exact) mass is 331 g/mol. The van der Waals surface area contributed by atoms with Gasteiger partial charge in [0.15, 0.2) is 9.84 Å². The van der Waals surface area contributed by atoms with Gasteiger partial charge in [-0.1, -0.05) is 0 Å². The van der Waals surface area contributed by atoms with Crippen molar-refractivity contribution in [1.82, 2.24) is 14.7 Å². The summed E-state index contributed by atoms with van der Waals surface area (Å²) in [4.78, 5) is 29.0. The Hall–Kier alpha value is -1.15. The molecule has 2 heterocycles. The Labute approximate surface area is 132 Å². The summed E-state index contributed by atoms with van der Waals surface area (Å²) in [6.45, 7) is 5.22. The largest absolute Gasteiger partial charge is 0.342 e. The summed E-state index contributed by atoms with van der Waals surface area (Å²) in [6, 6.07) is -0.174. The molecule has 0 aliphatic carbocycles. The van der Waals surface area contributed by atoms with Crippen molar-refractivity contribution < 1.29 is 18.0 Å². The molecule has 2 saturated heterocycles. The maximum Gasteiger partial charge on any atom is 0.223 e. The Balaban J connectivity index is 1.73. The van der Waals surface area contributed by atoms with Crippen LogP contribution in [0.5, 0.6) is 0 Å². The number of hydrogen-bond donors (Lipinski definition) is 0. The molecule has 0 spiro atoms. The fraction of sp³-hybridized carbons (Fsp3) is 0.857. The summed E-state index contributed by atoms with van der Waals surface area (Å²) in [5, 5.41) is 0. The first kappa shape index (κ1) is 17.2. The SMILES string of the molecule is CC(=O)N1CCN(CCC(=O)N(C)C2CCS(=O)(=O)C2)CC1. The smallest absolute Gasteiger partial charge is 0.223 e. The third-order valence-corrected chi connectivity index (χ3v) is 6.36. The van der Waals surface area contributed by atoms with Crippen molar-refractivity contribution in [2.24, 2.45) is 0 Å². The van der Waals surface area contributed by atoms with Gasteiger partial charge in [0.1, 0.15) is 0 Å². The first-order chi connectivity index (χ1) is 10.3. The predicted octanol–water partition coefficient (Wildman–Crippen LogP) is -0.814. The Morgan fingerprint density at radius 1 is 1.18 bits per heavy atom. The third-order valence-electron chi connectivity index (χ3n) is 4.61. The van der Waals surface area contributed by atoms with Gasteiger partial charge in [0.05, 0.1) is 11.5 Å². The van der Waals surface area contributed by atoms with Crippen LogP contribution in [0, 0.1) is 0 Å². The molecule has 1 unspecified atom stereocenters. The lowest BCUT2D eigenvalue weighted by Gasteiger charge is -2.34. The molecule has 2 fully saturated rings. The van der Waals surface area contributed by atoms with Gasteiger partial charge in [0.2, 0.25) is 11.8 Å². The van der Waals surface area contributed by atoms with Gasteiger partial charge in [-0.05, 0) is 6.42 Å². The second-order valence-corrected chi connectivity index (χ2v) is 8.39. The molecule has 2 aliphatic rings. The van der Waals surface area contributed by atoms with Gasteiger partial charge in [-0.2, -0.15) is 0 Å². The summed E-state index contributed by atoms with van der Waals surface area (Å²) in [5.41, 5.74) is 0. The van der Waals surface area contributed by atoms with Crippen LogP contribution in [0.2, 0.25) is 0 Å². The van der Waals surface area contributed by atoms with E-state index in [2.05, 4.69) is 4.90 Å². The van der Waals surface area contributed by atoms with Crippen LogP contribution in [0.15, 0.2) is 0 Å². The standard InChI is InChI=1S/C14H25N3O4S/c1-12(18)17-8-6-16(7-9-17)5-3-14(19)15(2)13-4-10-22(20,21)11-13/h13H,3-11H2,1-2H3. The minimum absolute atomic E-state index is 0.00361. The highest BCUT2D eigenvalue weighted by Crippen LogP contribution is 2.17. The van der Waals surface area contributed by atoms with Crippen molar-refractivity contribution in [1.29, 1.82) is 0 Å². The minimum atomic E-state index is -2.97. The fourth-order valence-corrected chi connectivity index (χ4v) is 4.78. The van der Waals surface area contributed by atoms with Crippen molar-refractivity contribution >= 4 is 21.7 Å². The van der Waals surface area contributed by atoms with Gasteiger partial charge < -0.3 is 9.80 Å². The number of sulfone groups is 1. The van der Waals surface area contributed by atoms with Crippen LogP contribution in [-0.4, -0.2) is 92.3 Å². The van der Waals surface area contributed by atoms with E-state index < -0.39 is 9.84 Å². The Morgan fingerprint density at radius 3 is 2.32 bits per heavy atom. The molecule has 0 N–H and O–H groups in total.